The van der Waals surface area contributed by atoms with E-state index < -0.39 is 85.7 Å². The molecule has 18 heteroatoms. The Bertz CT molecular complexity index is 935. The lowest BCUT2D eigenvalue weighted by atomic mass is 10.1. The van der Waals surface area contributed by atoms with Gasteiger partial charge in [0.25, 0.3) is 0 Å². The Labute approximate surface area is 216 Å². The number of carbonyl (C=O) groups excluding carboxylic acids is 5. The van der Waals surface area contributed by atoms with Crippen molar-refractivity contribution < 1.29 is 48.9 Å². The highest BCUT2D eigenvalue weighted by atomic mass is 16.4. The molecule has 0 heterocycles. The second-order valence-electron chi connectivity index (χ2n) is 7.51. The van der Waals surface area contributed by atoms with Crippen molar-refractivity contribution in [1.29, 1.82) is 0 Å². The molecule has 0 aromatic rings. The van der Waals surface area contributed by atoms with E-state index in [2.05, 4.69) is 27.5 Å². The number of aliphatic hydroxyl groups excluding tert-OH is 1. The monoisotopic (exact) mass is 544 g/mol. The summed E-state index contributed by atoms with van der Waals surface area (Å²) in [6.45, 7) is 1.14. The first kappa shape index (κ1) is 33.3. The number of carbonyl (C=O) groups is 7. The molecule has 0 rings (SSSR count). The fraction of sp³-hybridized carbons (Fsp3) is 0.500. The molecule has 5 amide bonds. The number of hydrogen-bond acceptors (Lipinski definition) is 9. The fourth-order valence-electron chi connectivity index (χ4n) is 2.63. The van der Waals surface area contributed by atoms with Gasteiger partial charge in [-0.3, -0.25) is 33.8 Å². The predicted molar refractivity (Wildman–Crippen MR) is 129 cm³/mol. The Morgan fingerprint density at radius 2 is 1.42 bits per heavy atom. The van der Waals surface area contributed by atoms with E-state index in [1.807, 2.05) is 10.6 Å². The van der Waals surface area contributed by atoms with E-state index in [1.54, 1.807) is 0 Å². The summed E-state index contributed by atoms with van der Waals surface area (Å²) in [6.07, 6.45) is 0.267. The summed E-state index contributed by atoms with van der Waals surface area (Å²) in [5.41, 5.74) is 10.5. The van der Waals surface area contributed by atoms with Crippen LogP contribution in [0, 0.1) is 0 Å². The zero-order valence-corrected chi connectivity index (χ0v) is 20.3. The van der Waals surface area contributed by atoms with Gasteiger partial charge in [-0.25, -0.2) is 4.79 Å². The quantitative estimate of drug-likeness (QED) is 0.0334. The van der Waals surface area contributed by atoms with Gasteiger partial charge in [0.05, 0.1) is 26.1 Å². The van der Waals surface area contributed by atoms with Crippen LogP contribution in [0.2, 0.25) is 0 Å². The Morgan fingerprint density at radius 1 is 0.842 bits per heavy atom. The van der Waals surface area contributed by atoms with Gasteiger partial charge in [-0.05, 0) is 18.9 Å². The molecule has 0 aliphatic carbocycles. The Kier molecular flexibility index (Phi) is 15.4. The number of nitrogens with two attached hydrogens (primary N) is 2. The maximum atomic E-state index is 12.6. The summed E-state index contributed by atoms with van der Waals surface area (Å²) in [7, 11) is 0. The van der Waals surface area contributed by atoms with E-state index in [1.165, 1.54) is 0 Å². The van der Waals surface area contributed by atoms with E-state index >= 15 is 0 Å². The molecule has 0 radical (unpaired) electrons. The Hall–Kier alpha value is -4.74. The third-order valence-corrected chi connectivity index (χ3v) is 4.46. The van der Waals surface area contributed by atoms with E-state index in [-0.39, 0.29) is 25.3 Å². The number of aliphatic imine (C=N–C) groups is 1. The van der Waals surface area contributed by atoms with Gasteiger partial charge >= 0.3 is 11.9 Å². The molecule has 0 fully saturated rings. The minimum Gasteiger partial charge on any atom is -0.481 e. The van der Waals surface area contributed by atoms with Crippen molar-refractivity contribution >= 4 is 47.4 Å². The third-order valence-electron chi connectivity index (χ3n) is 4.46. The van der Waals surface area contributed by atoms with Crippen LogP contribution in [0.25, 0.3) is 0 Å². The molecule has 38 heavy (non-hydrogen) atoms. The lowest BCUT2D eigenvalue weighted by Gasteiger charge is -2.21. The highest BCUT2D eigenvalue weighted by Crippen LogP contribution is 2.00. The van der Waals surface area contributed by atoms with Crippen LogP contribution in [0.15, 0.2) is 17.6 Å². The van der Waals surface area contributed by atoms with Crippen molar-refractivity contribution in [2.75, 3.05) is 26.2 Å². The zero-order valence-electron chi connectivity index (χ0n) is 20.3. The molecule has 0 spiro atoms. The second kappa shape index (κ2) is 17.7. The highest BCUT2D eigenvalue weighted by Gasteiger charge is 2.28. The van der Waals surface area contributed by atoms with Gasteiger partial charge in [0.15, 0.2) is 5.96 Å². The number of carboxylic acid groups (broad SMARTS) is 2. The second-order valence-corrected chi connectivity index (χ2v) is 7.51. The van der Waals surface area contributed by atoms with Gasteiger partial charge in [0.1, 0.15) is 18.1 Å². The van der Waals surface area contributed by atoms with E-state index in [4.69, 9.17) is 26.8 Å². The van der Waals surface area contributed by atoms with Gasteiger partial charge in [0.2, 0.25) is 29.5 Å². The normalized spacial score (nSPS) is 12.4. The van der Waals surface area contributed by atoms with Crippen LogP contribution in [-0.2, 0) is 33.6 Å². The summed E-state index contributed by atoms with van der Waals surface area (Å²) >= 11 is 0. The Balaban J connectivity index is 5.20. The summed E-state index contributed by atoms with van der Waals surface area (Å²) in [4.78, 5) is 86.2. The molecule has 0 aliphatic heterocycles. The van der Waals surface area contributed by atoms with E-state index in [0.717, 1.165) is 6.08 Å². The lowest BCUT2D eigenvalue weighted by Crippen LogP contribution is -2.55. The Morgan fingerprint density at radius 3 is 1.92 bits per heavy atom. The molecule has 0 saturated carbocycles. The van der Waals surface area contributed by atoms with Crippen molar-refractivity contribution in [2.24, 2.45) is 16.5 Å². The fourth-order valence-corrected chi connectivity index (χ4v) is 2.63. The highest BCUT2D eigenvalue weighted by molar-refractivity contribution is 5.95. The number of aliphatic carboxylic acids is 2. The summed E-state index contributed by atoms with van der Waals surface area (Å²) < 4.78 is 0. The van der Waals surface area contributed by atoms with Crippen molar-refractivity contribution in [3.63, 3.8) is 0 Å². The van der Waals surface area contributed by atoms with Gasteiger partial charge in [0, 0.05) is 6.54 Å². The minimum atomic E-state index is -1.74. The summed E-state index contributed by atoms with van der Waals surface area (Å²) in [6, 6.07) is -4.66. The van der Waals surface area contributed by atoms with Crippen LogP contribution in [0.3, 0.4) is 0 Å². The number of nitrogens with one attached hydrogen (secondary N) is 5. The first-order chi connectivity index (χ1) is 17.8. The van der Waals surface area contributed by atoms with E-state index in [9.17, 15) is 33.6 Å². The number of hydrogen-bond donors (Lipinski definition) is 10. The largest absolute Gasteiger partial charge is 0.481 e. The molecule has 18 nitrogen and oxygen atoms in total. The molecule has 0 saturated heterocycles. The first-order valence-corrected chi connectivity index (χ1v) is 11.0. The number of guanidine groups is 1. The summed E-state index contributed by atoms with van der Waals surface area (Å²) in [5, 5.41) is 37.6. The number of aliphatic hydroxyl groups is 1. The molecule has 212 valence electrons. The molecular weight excluding hydrogens is 512 g/mol. The molecule has 0 aromatic carbocycles. The molecule has 0 aliphatic rings. The van der Waals surface area contributed by atoms with Gasteiger partial charge in [-0.1, -0.05) is 6.58 Å². The van der Waals surface area contributed by atoms with E-state index in [0.29, 0.717) is 0 Å². The standard InChI is InChI=1S/C20H32N8O10/c1-2-13(30)24-7-14(31)26-10(4-3-5-23-20(21)22)17(35)25-8-15(32)27-11(6-16(33)34)18(36)28-12(9-29)19(37)38/h2,10-12,29H,1,3-9H2,(H,24,30)(H,25,35)(H,26,31)(H,27,32)(H,28,36)(H,33,34)(H,37,38)(H4,21,22,23)/t10-,11-,12-/m0/s1. The molecule has 0 aromatic heterocycles. The van der Waals surface area contributed by atoms with Crippen LogP contribution < -0.4 is 38.1 Å². The number of carboxylic acids is 2. The maximum absolute atomic E-state index is 12.6. The molecule has 12 N–H and O–H groups in total. The number of rotatable bonds is 18. The number of nitrogens with zero attached hydrogens (tertiary/aromatic N) is 1. The van der Waals surface area contributed by atoms with Crippen LogP contribution in [0.4, 0.5) is 0 Å². The maximum Gasteiger partial charge on any atom is 0.328 e. The van der Waals surface area contributed by atoms with Crippen molar-refractivity contribution in [1.82, 2.24) is 26.6 Å². The minimum absolute atomic E-state index is 0.0210. The van der Waals surface area contributed by atoms with Gasteiger partial charge < -0.3 is 53.4 Å². The molecule has 0 unspecified atom stereocenters. The SMILES string of the molecule is C=CC(=O)NCC(=O)N[C@@H](CCCN=C(N)N)C(=O)NCC(=O)N[C@@H](CC(=O)O)C(=O)N[C@@H](CO)C(=O)O. The summed E-state index contributed by atoms with van der Waals surface area (Å²) in [5.74, 6) is -7.69. The van der Waals surface area contributed by atoms with Crippen LogP contribution in [0.5, 0.6) is 0 Å². The van der Waals surface area contributed by atoms with Crippen LogP contribution in [-0.4, -0.2) is 107 Å². The molecule has 3 atom stereocenters. The first-order valence-electron chi connectivity index (χ1n) is 11.0. The molecule has 0 bridgehead atoms. The van der Waals surface area contributed by atoms with Crippen LogP contribution >= 0.6 is 0 Å². The van der Waals surface area contributed by atoms with Crippen molar-refractivity contribution in [2.45, 2.75) is 37.4 Å². The third kappa shape index (κ3) is 14.6. The topological polar surface area (TPSA) is 305 Å². The zero-order chi connectivity index (χ0) is 29.3. The van der Waals surface area contributed by atoms with Gasteiger partial charge in [-0.2, -0.15) is 0 Å². The van der Waals surface area contributed by atoms with Crippen LogP contribution in [0.1, 0.15) is 19.3 Å². The average Bonchev–Trinajstić information content (AvgIpc) is 2.84. The van der Waals surface area contributed by atoms with Crippen molar-refractivity contribution in [3.8, 4) is 0 Å². The smallest absolute Gasteiger partial charge is 0.328 e. The number of amides is 5. The van der Waals surface area contributed by atoms with Gasteiger partial charge in [-0.15, -0.1) is 0 Å². The predicted octanol–water partition coefficient (Wildman–Crippen LogP) is -5.54. The lowest BCUT2D eigenvalue weighted by molar-refractivity contribution is -0.144. The average molecular weight is 545 g/mol. The molecular formula is C20H32N8O10. The van der Waals surface area contributed by atoms with Crippen molar-refractivity contribution in [3.05, 3.63) is 12.7 Å².